The Balaban J connectivity index is 2.33. The maximum absolute atomic E-state index is 13.2. The molecule has 0 amide bonds. The summed E-state index contributed by atoms with van der Waals surface area (Å²) in [5.74, 6) is -0.133. The van der Waals surface area contributed by atoms with Crippen molar-refractivity contribution < 1.29 is 13.2 Å². The van der Waals surface area contributed by atoms with E-state index in [1.165, 1.54) is 19.2 Å². The molecule has 7 heteroatoms. The first-order valence-electron chi connectivity index (χ1n) is 7.52. The van der Waals surface area contributed by atoms with Gasteiger partial charge in [-0.1, -0.05) is 48.0 Å². The van der Waals surface area contributed by atoms with E-state index in [0.29, 0.717) is 5.56 Å². The second-order valence-electron chi connectivity index (χ2n) is 5.45. The van der Waals surface area contributed by atoms with Crippen molar-refractivity contribution in [3.8, 4) is 17.1 Å². The highest BCUT2D eigenvalue weighted by atomic mass is 32.2. The van der Waals surface area contributed by atoms with Gasteiger partial charge in [0.1, 0.15) is 0 Å². The average molecular weight is 355 g/mol. The maximum atomic E-state index is 13.2. The van der Waals surface area contributed by atoms with Gasteiger partial charge >= 0.3 is 0 Å². The Morgan fingerprint density at radius 1 is 0.960 bits per heavy atom. The van der Waals surface area contributed by atoms with Gasteiger partial charge in [-0.25, -0.2) is 13.4 Å². The number of hydrogen-bond acceptors (Lipinski definition) is 6. The van der Waals surface area contributed by atoms with Crippen molar-refractivity contribution in [3.63, 3.8) is 0 Å². The first-order valence-corrected chi connectivity index (χ1v) is 9.00. The van der Waals surface area contributed by atoms with E-state index >= 15 is 0 Å². The Labute approximate surface area is 146 Å². The molecule has 1 heterocycles. The van der Waals surface area contributed by atoms with Gasteiger partial charge in [0.25, 0.3) is 0 Å². The lowest BCUT2D eigenvalue weighted by Gasteiger charge is -2.14. The first-order chi connectivity index (χ1) is 11.9. The summed E-state index contributed by atoms with van der Waals surface area (Å²) in [6, 6.07) is 15.4. The molecule has 1 aromatic heterocycles. The summed E-state index contributed by atoms with van der Waals surface area (Å²) in [6.07, 6.45) is 0. The summed E-state index contributed by atoms with van der Waals surface area (Å²) in [5, 5.41) is 0. The Kier molecular flexibility index (Phi) is 4.41. The highest BCUT2D eigenvalue weighted by Gasteiger charge is 2.29. The number of aryl methyl sites for hydroxylation is 1. The summed E-state index contributed by atoms with van der Waals surface area (Å²) >= 11 is 0. The number of hydrogen-bond donors (Lipinski definition) is 1. The number of benzene rings is 2. The van der Waals surface area contributed by atoms with Crippen LogP contribution in [0, 0.1) is 6.92 Å². The molecule has 25 heavy (non-hydrogen) atoms. The van der Waals surface area contributed by atoms with E-state index in [9.17, 15) is 8.42 Å². The van der Waals surface area contributed by atoms with E-state index in [4.69, 9.17) is 10.5 Å². The summed E-state index contributed by atoms with van der Waals surface area (Å²) in [4.78, 5) is 8.17. The molecule has 0 unspecified atom stereocenters. The lowest BCUT2D eigenvalue weighted by molar-refractivity contribution is 0.385. The molecule has 0 saturated heterocycles. The van der Waals surface area contributed by atoms with Gasteiger partial charge in [-0.3, -0.25) is 0 Å². The van der Waals surface area contributed by atoms with Crippen LogP contribution >= 0.6 is 0 Å². The molecule has 0 aliphatic rings. The van der Waals surface area contributed by atoms with Crippen molar-refractivity contribution in [2.45, 2.75) is 16.7 Å². The van der Waals surface area contributed by atoms with E-state index in [2.05, 4.69) is 9.97 Å². The molecule has 3 rings (SSSR count). The fourth-order valence-electron chi connectivity index (χ4n) is 2.45. The van der Waals surface area contributed by atoms with Crippen molar-refractivity contribution in [2.24, 2.45) is 0 Å². The van der Waals surface area contributed by atoms with Gasteiger partial charge in [-0.2, -0.15) is 4.98 Å². The Hall–Kier alpha value is -2.93. The smallest absolute Gasteiger partial charge is 0.238 e. The molecule has 0 spiro atoms. The molecule has 3 aromatic rings. The number of methoxy groups -OCH3 is 1. The van der Waals surface area contributed by atoms with Crippen LogP contribution in [0.1, 0.15) is 5.56 Å². The monoisotopic (exact) mass is 355 g/mol. The van der Waals surface area contributed by atoms with Crippen LogP contribution in [0.25, 0.3) is 11.3 Å². The van der Waals surface area contributed by atoms with E-state index in [1.807, 2.05) is 19.1 Å². The quantitative estimate of drug-likeness (QED) is 0.773. The Bertz CT molecular complexity index is 1000. The zero-order valence-corrected chi connectivity index (χ0v) is 14.6. The zero-order valence-electron chi connectivity index (χ0n) is 13.8. The minimum atomic E-state index is -3.89. The molecule has 128 valence electrons. The number of aromatic nitrogens is 2. The molecule has 0 aliphatic carbocycles. The second kappa shape index (κ2) is 6.52. The molecule has 0 fully saturated rings. The largest absolute Gasteiger partial charge is 0.480 e. The second-order valence-corrected chi connectivity index (χ2v) is 7.34. The van der Waals surface area contributed by atoms with Crippen molar-refractivity contribution >= 4 is 15.8 Å². The van der Waals surface area contributed by atoms with Crippen molar-refractivity contribution in [3.05, 3.63) is 60.2 Å². The minimum absolute atomic E-state index is 0.0561. The van der Waals surface area contributed by atoms with Crippen LogP contribution in [0.3, 0.4) is 0 Å². The van der Waals surface area contributed by atoms with Gasteiger partial charge in [0.2, 0.25) is 21.7 Å². The van der Waals surface area contributed by atoms with Crippen LogP contribution in [0.15, 0.2) is 64.4 Å². The molecule has 2 aromatic carbocycles. The van der Waals surface area contributed by atoms with Gasteiger partial charge in [-0.15, -0.1) is 0 Å². The van der Waals surface area contributed by atoms with Gasteiger partial charge in [-0.05, 0) is 19.1 Å². The van der Waals surface area contributed by atoms with Crippen LogP contribution in [0.4, 0.5) is 5.95 Å². The van der Waals surface area contributed by atoms with E-state index < -0.39 is 9.84 Å². The fourth-order valence-corrected chi connectivity index (χ4v) is 3.98. The maximum Gasteiger partial charge on any atom is 0.238 e. The highest BCUT2D eigenvalue weighted by Crippen LogP contribution is 2.36. The van der Waals surface area contributed by atoms with Gasteiger partial charge < -0.3 is 10.5 Å². The lowest BCUT2D eigenvalue weighted by atomic mass is 10.1. The van der Waals surface area contributed by atoms with Gasteiger partial charge in [0, 0.05) is 5.56 Å². The molecule has 0 saturated carbocycles. The topological polar surface area (TPSA) is 95.2 Å². The number of nitrogens with two attached hydrogens (primary N) is 1. The van der Waals surface area contributed by atoms with Crippen LogP contribution in [0.5, 0.6) is 5.88 Å². The third-order valence-electron chi connectivity index (χ3n) is 3.69. The van der Waals surface area contributed by atoms with Crippen LogP contribution in [-0.4, -0.2) is 25.5 Å². The van der Waals surface area contributed by atoms with E-state index in [0.717, 1.165) is 5.56 Å². The van der Waals surface area contributed by atoms with Gasteiger partial charge in [0.15, 0.2) is 4.90 Å². The predicted molar refractivity (Wildman–Crippen MR) is 95.1 cm³/mol. The molecule has 0 aliphatic heterocycles. The van der Waals surface area contributed by atoms with E-state index in [1.54, 1.807) is 30.3 Å². The minimum Gasteiger partial charge on any atom is -0.480 e. The van der Waals surface area contributed by atoms with Crippen molar-refractivity contribution in [1.82, 2.24) is 9.97 Å². The SMILES string of the molecule is COc1nc(N)nc(-c2ccc(C)cc2)c1S(=O)(=O)c1ccccc1. The highest BCUT2D eigenvalue weighted by molar-refractivity contribution is 7.91. The molecular weight excluding hydrogens is 338 g/mol. The molecule has 0 atom stereocenters. The normalized spacial score (nSPS) is 11.3. The summed E-state index contributed by atoms with van der Waals surface area (Å²) in [6.45, 7) is 1.94. The van der Waals surface area contributed by atoms with Crippen LogP contribution < -0.4 is 10.5 Å². The number of ether oxygens (including phenoxy) is 1. The van der Waals surface area contributed by atoms with Crippen LogP contribution in [0.2, 0.25) is 0 Å². The fraction of sp³-hybridized carbons (Fsp3) is 0.111. The summed E-state index contributed by atoms with van der Waals surface area (Å²) in [5.41, 5.74) is 7.64. The molecule has 0 bridgehead atoms. The third kappa shape index (κ3) is 3.18. The van der Waals surface area contributed by atoms with E-state index in [-0.39, 0.29) is 27.3 Å². The Morgan fingerprint density at radius 2 is 1.60 bits per heavy atom. The first kappa shape index (κ1) is 16.9. The molecular formula is C18H17N3O3S. The number of nitrogens with zero attached hydrogens (tertiary/aromatic N) is 2. The molecule has 0 radical (unpaired) electrons. The third-order valence-corrected chi connectivity index (χ3v) is 5.49. The summed E-state index contributed by atoms with van der Waals surface area (Å²) in [7, 11) is -2.54. The molecule has 2 N–H and O–H groups in total. The van der Waals surface area contributed by atoms with Crippen LogP contribution in [-0.2, 0) is 9.84 Å². The number of nitrogen functional groups attached to an aromatic ring is 1. The number of rotatable bonds is 4. The van der Waals surface area contributed by atoms with Crippen molar-refractivity contribution in [2.75, 3.05) is 12.8 Å². The number of anilines is 1. The van der Waals surface area contributed by atoms with Crippen molar-refractivity contribution in [1.29, 1.82) is 0 Å². The predicted octanol–water partition coefficient (Wildman–Crippen LogP) is 2.88. The Morgan fingerprint density at radius 3 is 2.20 bits per heavy atom. The molecule has 6 nitrogen and oxygen atoms in total. The zero-order chi connectivity index (χ0) is 18.0. The number of sulfone groups is 1. The lowest BCUT2D eigenvalue weighted by Crippen LogP contribution is -2.11. The standard InChI is InChI=1S/C18H17N3O3S/c1-12-8-10-13(11-9-12)15-16(17(24-2)21-18(19)20-15)25(22,23)14-6-4-3-5-7-14/h3-11H,1-2H3,(H2,19,20,21). The van der Waals surface area contributed by atoms with Gasteiger partial charge in [0.05, 0.1) is 17.7 Å². The summed E-state index contributed by atoms with van der Waals surface area (Å²) < 4.78 is 31.6. The average Bonchev–Trinajstić information content (AvgIpc) is 2.62.